The number of amides is 1. The lowest BCUT2D eigenvalue weighted by molar-refractivity contribution is -0.146. The van der Waals surface area contributed by atoms with Gasteiger partial charge >= 0.3 is 12.1 Å². The summed E-state index contributed by atoms with van der Waals surface area (Å²) in [6.45, 7) is 3.44. The number of aliphatic carboxylic acids is 1. The molecule has 4 rings (SSSR count). The van der Waals surface area contributed by atoms with E-state index in [9.17, 15) is 22.8 Å². The Hall–Kier alpha value is -3.02. The molecule has 2 N–H and O–H groups in total. The second-order valence-corrected chi connectivity index (χ2v) is 9.70. The molecule has 3 aromatic rings. The molecule has 1 aromatic heterocycles. The molecule has 0 atom stereocenters. The molecule has 0 aliphatic heterocycles. The number of nitrogens with zero attached hydrogens (tertiary/aromatic N) is 3. The largest absolute Gasteiger partial charge is 0.478 e. The average Bonchev–Trinajstić information content (AvgIpc) is 3.57. The van der Waals surface area contributed by atoms with Gasteiger partial charge in [0.05, 0.1) is 32.7 Å². The standard InChI is InChI=1S/C23H17Cl2F3N4O3S/c1-11(20(34)35)13-4-6-17(15(24)8-13)29-19(33)10-36-22-31-30-21(23(26,27)28)32(22)18-7-5-14(9-16(18)25)12-2-3-12/h4-9,12H,1-3,10H2,(H,29,33)(H,34,35). The highest BCUT2D eigenvalue weighted by molar-refractivity contribution is 7.99. The van der Waals surface area contributed by atoms with Crippen LogP contribution in [0.15, 0.2) is 48.1 Å². The highest BCUT2D eigenvalue weighted by atomic mass is 35.5. The van der Waals surface area contributed by atoms with Gasteiger partial charge in [-0.2, -0.15) is 13.2 Å². The molecule has 1 fully saturated rings. The summed E-state index contributed by atoms with van der Waals surface area (Å²) in [7, 11) is 0. The van der Waals surface area contributed by atoms with Crippen LogP contribution < -0.4 is 5.32 Å². The number of anilines is 1. The lowest BCUT2D eigenvalue weighted by atomic mass is 10.1. The van der Waals surface area contributed by atoms with Gasteiger partial charge in [0.25, 0.3) is 0 Å². The summed E-state index contributed by atoms with van der Waals surface area (Å²) >= 11 is 13.2. The molecule has 0 bridgehead atoms. The summed E-state index contributed by atoms with van der Waals surface area (Å²) < 4.78 is 41.8. The smallest absolute Gasteiger partial charge is 0.452 e. The first-order valence-electron chi connectivity index (χ1n) is 10.4. The Morgan fingerprint density at radius 1 is 1.14 bits per heavy atom. The van der Waals surface area contributed by atoms with Crippen molar-refractivity contribution in [3.63, 3.8) is 0 Å². The molecule has 1 saturated carbocycles. The molecule has 1 amide bonds. The van der Waals surface area contributed by atoms with Crippen LogP contribution in [-0.2, 0) is 15.8 Å². The van der Waals surface area contributed by atoms with E-state index < -0.39 is 23.9 Å². The molecule has 1 aliphatic carbocycles. The fourth-order valence-corrected chi connectivity index (χ4v) is 4.63. The Labute approximate surface area is 217 Å². The summed E-state index contributed by atoms with van der Waals surface area (Å²) in [4.78, 5) is 23.6. The molecule has 0 radical (unpaired) electrons. The first kappa shape index (κ1) is 26.1. The van der Waals surface area contributed by atoms with Gasteiger partial charge in [0.2, 0.25) is 11.7 Å². The first-order valence-corrected chi connectivity index (χ1v) is 12.2. The van der Waals surface area contributed by atoms with Crippen LogP contribution in [0.2, 0.25) is 10.0 Å². The van der Waals surface area contributed by atoms with Gasteiger partial charge < -0.3 is 10.4 Å². The predicted octanol–water partition coefficient (Wildman–Crippen LogP) is 6.30. The lowest BCUT2D eigenvalue weighted by Gasteiger charge is -2.14. The van der Waals surface area contributed by atoms with E-state index in [2.05, 4.69) is 22.1 Å². The molecule has 0 saturated heterocycles. The van der Waals surface area contributed by atoms with E-state index in [1.54, 1.807) is 12.1 Å². The number of carboxylic acids is 1. The van der Waals surface area contributed by atoms with Crippen LogP contribution in [0.1, 0.15) is 35.7 Å². The lowest BCUT2D eigenvalue weighted by Crippen LogP contribution is -2.17. The SMILES string of the molecule is C=C(C(=O)O)c1ccc(NC(=O)CSc2nnc(C(F)(F)F)n2-c2ccc(C3CC3)cc2Cl)c(Cl)c1. The predicted molar refractivity (Wildman–Crippen MR) is 131 cm³/mol. The third-order valence-corrected chi connectivity index (χ3v) is 6.87. The topological polar surface area (TPSA) is 97.1 Å². The molecular formula is C23H17Cl2F3N4O3S. The van der Waals surface area contributed by atoms with E-state index in [4.69, 9.17) is 28.3 Å². The number of thioether (sulfide) groups is 1. The van der Waals surface area contributed by atoms with E-state index in [1.807, 2.05) is 0 Å². The fourth-order valence-electron chi connectivity index (χ4n) is 3.38. The van der Waals surface area contributed by atoms with Crippen molar-refractivity contribution in [2.24, 2.45) is 0 Å². The number of benzene rings is 2. The van der Waals surface area contributed by atoms with Crippen molar-refractivity contribution >= 4 is 58.1 Å². The maximum Gasteiger partial charge on any atom is 0.452 e. The molecule has 1 aliphatic rings. The quantitative estimate of drug-likeness (QED) is 0.249. The van der Waals surface area contributed by atoms with Gasteiger partial charge in [-0.3, -0.25) is 9.36 Å². The first-order chi connectivity index (χ1) is 17.0. The molecule has 188 valence electrons. The number of rotatable bonds is 8. The van der Waals surface area contributed by atoms with Crippen molar-refractivity contribution in [1.29, 1.82) is 0 Å². The number of hydrogen-bond acceptors (Lipinski definition) is 5. The zero-order valence-corrected chi connectivity index (χ0v) is 20.6. The normalized spacial score (nSPS) is 13.5. The maximum absolute atomic E-state index is 13.7. The molecule has 1 heterocycles. The maximum atomic E-state index is 13.7. The Balaban J connectivity index is 1.53. The molecule has 0 spiro atoms. The molecule has 7 nitrogen and oxygen atoms in total. The van der Waals surface area contributed by atoms with E-state index in [1.165, 1.54) is 24.3 Å². The fraction of sp³-hybridized carbons (Fsp3) is 0.217. The van der Waals surface area contributed by atoms with E-state index in [-0.39, 0.29) is 43.5 Å². The van der Waals surface area contributed by atoms with Gasteiger partial charge in [0, 0.05) is 0 Å². The van der Waals surface area contributed by atoms with Crippen molar-refractivity contribution in [2.75, 3.05) is 11.1 Å². The highest BCUT2D eigenvalue weighted by Gasteiger charge is 2.39. The van der Waals surface area contributed by atoms with Gasteiger partial charge in [-0.05, 0) is 54.2 Å². The highest BCUT2D eigenvalue weighted by Crippen LogP contribution is 2.42. The van der Waals surface area contributed by atoms with Gasteiger partial charge in [-0.15, -0.1) is 10.2 Å². The summed E-state index contributed by atoms with van der Waals surface area (Å²) in [5.74, 6) is -3.01. The molecular weight excluding hydrogens is 540 g/mol. The summed E-state index contributed by atoms with van der Waals surface area (Å²) in [5, 5.41) is 18.5. The van der Waals surface area contributed by atoms with Crippen molar-refractivity contribution in [3.8, 4) is 5.69 Å². The number of carboxylic acid groups (broad SMARTS) is 1. The molecule has 13 heteroatoms. The minimum atomic E-state index is -4.80. The number of alkyl halides is 3. The minimum Gasteiger partial charge on any atom is -0.478 e. The van der Waals surface area contributed by atoms with Crippen LogP contribution in [0, 0.1) is 0 Å². The number of carbonyl (C=O) groups is 2. The monoisotopic (exact) mass is 556 g/mol. The number of nitrogens with one attached hydrogen (secondary N) is 1. The summed E-state index contributed by atoms with van der Waals surface area (Å²) in [6.07, 6.45) is -2.79. The van der Waals surface area contributed by atoms with Crippen LogP contribution >= 0.6 is 35.0 Å². The Morgan fingerprint density at radius 2 is 1.86 bits per heavy atom. The van der Waals surface area contributed by atoms with Gasteiger partial charge in [-0.25, -0.2) is 4.79 Å². The summed E-state index contributed by atoms with van der Waals surface area (Å²) in [5.41, 5.74) is 1.29. The van der Waals surface area contributed by atoms with Gasteiger partial charge in [-0.1, -0.05) is 53.7 Å². The molecule has 2 aromatic carbocycles. The third kappa shape index (κ3) is 5.69. The Kier molecular flexibility index (Phi) is 7.35. The van der Waals surface area contributed by atoms with Crippen molar-refractivity contribution in [2.45, 2.75) is 30.1 Å². The number of hydrogen-bond donors (Lipinski definition) is 2. The van der Waals surface area contributed by atoms with Gasteiger partial charge in [0.15, 0.2) is 5.16 Å². The number of aromatic nitrogens is 3. The second kappa shape index (κ2) is 10.2. The van der Waals surface area contributed by atoms with Crippen molar-refractivity contribution < 1.29 is 27.9 Å². The van der Waals surface area contributed by atoms with Crippen LogP contribution in [0.5, 0.6) is 0 Å². The Bertz CT molecular complexity index is 1370. The molecule has 36 heavy (non-hydrogen) atoms. The van der Waals surface area contributed by atoms with E-state index >= 15 is 0 Å². The van der Waals surface area contributed by atoms with Crippen molar-refractivity contribution in [3.05, 3.63) is 70.0 Å². The van der Waals surface area contributed by atoms with Crippen LogP contribution in [0.25, 0.3) is 11.3 Å². The number of carbonyl (C=O) groups excluding carboxylic acids is 1. The zero-order valence-electron chi connectivity index (χ0n) is 18.3. The Morgan fingerprint density at radius 3 is 2.44 bits per heavy atom. The zero-order chi connectivity index (χ0) is 26.2. The van der Waals surface area contributed by atoms with Crippen LogP contribution in [0.4, 0.5) is 18.9 Å². The molecule has 0 unspecified atom stereocenters. The van der Waals surface area contributed by atoms with Gasteiger partial charge in [0.1, 0.15) is 0 Å². The van der Waals surface area contributed by atoms with E-state index in [0.717, 1.165) is 34.7 Å². The number of halogens is 5. The second-order valence-electron chi connectivity index (χ2n) is 7.94. The van der Waals surface area contributed by atoms with Crippen LogP contribution in [-0.4, -0.2) is 37.5 Å². The van der Waals surface area contributed by atoms with Crippen molar-refractivity contribution in [1.82, 2.24) is 14.8 Å². The average molecular weight is 557 g/mol. The summed E-state index contributed by atoms with van der Waals surface area (Å²) in [6, 6.07) is 9.02. The van der Waals surface area contributed by atoms with Crippen LogP contribution in [0.3, 0.4) is 0 Å². The minimum absolute atomic E-state index is 0.0543. The third-order valence-electron chi connectivity index (χ3n) is 5.33. The van der Waals surface area contributed by atoms with E-state index in [0.29, 0.717) is 5.92 Å².